The summed E-state index contributed by atoms with van der Waals surface area (Å²) in [6.07, 6.45) is 2.72. The number of aromatic carboxylic acids is 1. The molecule has 0 aromatic carbocycles. The van der Waals surface area contributed by atoms with Gasteiger partial charge in [0.15, 0.2) is 0 Å². The molecule has 0 unspecified atom stereocenters. The molecule has 128 valence electrons. The molecule has 23 heavy (non-hydrogen) atoms. The number of fused-ring (bicyclic) bond motifs is 1. The average molecular weight is 360 g/mol. The van der Waals surface area contributed by atoms with Gasteiger partial charge in [0.05, 0.1) is 12.2 Å². The Balaban J connectivity index is 2.09. The molecule has 0 bridgehead atoms. The second-order valence-electron chi connectivity index (χ2n) is 5.85. The molecule has 1 aromatic heterocycles. The largest absolute Gasteiger partial charge is 0.478 e. The van der Waals surface area contributed by atoms with E-state index >= 15 is 0 Å². The van der Waals surface area contributed by atoms with E-state index in [-0.39, 0.29) is 16.4 Å². The highest BCUT2D eigenvalue weighted by molar-refractivity contribution is 7.91. The van der Waals surface area contributed by atoms with Crippen molar-refractivity contribution in [1.29, 1.82) is 0 Å². The quantitative estimate of drug-likeness (QED) is 0.727. The van der Waals surface area contributed by atoms with E-state index in [9.17, 15) is 23.4 Å². The van der Waals surface area contributed by atoms with Crippen LogP contribution in [0.2, 0.25) is 0 Å². The minimum Gasteiger partial charge on any atom is -0.478 e. The van der Waals surface area contributed by atoms with Gasteiger partial charge >= 0.3 is 5.97 Å². The maximum Gasteiger partial charge on any atom is 0.338 e. The van der Waals surface area contributed by atoms with Crippen molar-refractivity contribution in [2.24, 2.45) is 0 Å². The minimum absolute atomic E-state index is 0.0752. The van der Waals surface area contributed by atoms with E-state index in [1.54, 1.807) is 0 Å². The Hall–Kier alpha value is -1.00. The van der Waals surface area contributed by atoms with Crippen LogP contribution in [0.25, 0.3) is 0 Å². The molecular formula is C14H20N2O5S2. The van der Waals surface area contributed by atoms with Crippen LogP contribution in [0.15, 0.2) is 4.21 Å². The molecule has 2 aliphatic heterocycles. The van der Waals surface area contributed by atoms with Gasteiger partial charge in [-0.25, -0.2) is 13.2 Å². The number of thiophene rings is 1. The molecule has 0 saturated carbocycles. The van der Waals surface area contributed by atoms with E-state index in [2.05, 4.69) is 5.32 Å². The van der Waals surface area contributed by atoms with Crippen LogP contribution in [-0.2, 0) is 23.0 Å². The Bertz CT molecular complexity index is 713. The molecule has 1 aromatic rings. The van der Waals surface area contributed by atoms with Gasteiger partial charge in [0, 0.05) is 24.0 Å². The van der Waals surface area contributed by atoms with Gasteiger partial charge in [0.25, 0.3) is 10.0 Å². The third-order valence-corrected chi connectivity index (χ3v) is 8.12. The van der Waals surface area contributed by atoms with Crippen molar-refractivity contribution in [3.05, 3.63) is 16.0 Å². The van der Waals surface area contributed by atoms with E-state index in [4.69, 9.17) is 0 Å². The number of hydrogen-bond acceptors (Lipinski definition) is 6. The number of hydrogen-bond donors (Lipinski definition) is 3. The summed E-state index contributed by atoms with van der Waals surface area (Å²) in [5, 5.41) is 22.2. The molecule has 1 saturated heterocycles. The average Bonchev–Trinajstić information content (AvgIpc) is 2.95. The summed E-state index contributed by atoms with van der Waals surface area (Å²) >= 11 is 1.05. The third-order valence-electron chi connectivity index (χ3n) is 4.44. The highest BCUT2D eigenvalue weighted by Gasteiger charge is 2.39. The maximum atomic E-state index is 13.0. The number of nitrogens with zero attached hydrogens (tertiary/aromatic N) is 1. The Morgan fingerprint density at radius 2 is 2.17 bits per heavy atom. The lowest BCUT2D eigenvalue weighted by atomic mass is 10.1. The van der Waals surface area contributed by atoms with Gasteiger partial charge in [-0.1, -0.05) is 6.42 Å². The van der Waals surface area contributed by atoms with E-state index in [0.29, 0.717) is 38.0 Å². The molecule has 3 N–H and O–H groups in total. The second-order valence-corrected chi connectivity index (χ2v) is 9.04. The second kappa shape index (κ2) is 6.48. The topological polar surface area (TPSA) is 107 Å². The summed E-state index contributed by atoms with van der Waals surface area (Å²) in [7, 11) is -3.91. The van der Waals surface area contributed by atoms with Gasteiger partial charge in [-0.05, 0) is 31.4 Å². The van der Waals surface area contributed by atoms with Crippen LogP contribution < -0.4 is 5.32 Å². The molecule has 1 atom stereocenters. The minimum atomic E-state index is -3.91. The van der Waals surface area contributed by atoms with E-state index < -0.39 is 22.0 Å². The fraction of sp³-hybridized carbons (Fsp3) is 0.643. The Kier molecular flexibility index (Phi) is 4.75. The summed E-state index contributed by atoms with van der Waals surface area (Å²) in [4.78, 5) is 12.5. The molecule has 7 nitrogen and oxygen atoms in total. The first-order chi connectivity index (χ1) is 11.0. The zero-order valence-electron chi connectivity index (χ0n) is 12.6. The SMILES string of the molecule is O=C(O)c1c(S(=O)(=O)N2CCCC[C@H]2CO)sc2c1CCNC2. The maximum absolute atomic E-state index is 13.0. The van der Waals surface area contributed by atoms with E-state index in [0.717, 1.165) is 29.1 Å². The van der Waals surface area contributed by atoms with E-state index in [1.165, 1.54) is 4.31 Å². The predicted octanol–water partition coefficient (Wildman–Crippen LogP) is 0.627. The summed E-state index contributed by atoms with van der Waals surface area (Å²) < 4.78 is 27.3. The number of nitrogens with one attached hydrogen (secondary N) is 1. The normalized spacial score (nSPS) is 22.7. The summed E-state index contributed by atoms with van der Waals surface area (Å²) in [6, 6.07) is -0.465. The molecule has 9 heteroatoms. The molecule has 1 fully saturated rings. The molecule has 0 radical (unpaired) electrons. The lowest BCUT2D eigenvalue weighted by molar-refractivity contribution is 0.0692. The molecular weight excluding hydrogens is 340 g/mol. The van der Waals surface area contributed by atoms with Crippen molar-refractivity contribution >= 4 is 27.3 Å². The highest BCUT2D eigenvalue weighted by atomic mass is 32.2. The lowest BCUT2D eigenvalue weighted by Crippen LogP contribution is -2.45. The van der Waals surface area contributed by atoms with Gasteiger partial charge in [-0.3, -0.25) is 0 Å². The Morgan fingerprint density at radius 3 is 2.87 bits per heavy atom. The summed E-state index contributed by atoms with van der Waals surface area (Å²) in [6.45, 7) is 1.23. The van der Waals surface area contributed by atoms with Crippen molar-refractivity contribution < 1.29 is 23.4 Å². The number of carboxylic acids is 1. The van der Waals surface area contributed by atoms with Gasteiger partial charge in [0.2, 0.25) is 0 Å². The van der Waals surface area contributed by atoms with Gasteiger partial charge in [0.1, 0.15) is 4.21 Å². The Morgan fingerprint density at radius 1 is 1.39 bits per heavy atom. The number of rotatable bonds is 4. The lowest BCUT2D eigenvalue weighted by Gasteiger charge is -2.33. The van der Waals surface area contributed by atoms with Crippen LogP contribution in [-0.4, -0.2) is 54.6 Å². The fourth-order valence-corrected chi connectivity index (χ4v) is 6.95. The molecule has 2 aliphatic rings. The van der Waals surface area contributed by atoms with Crippen LogP contribution in [0.4, 0.5) is 0 Å². The van der Waals surface area contributed by atoms with Crippen LogP contribution in [0, 0.1) is 0 Å². The van der Waals surface area contributed by atoms with Crippen molar-refractivity contribution in [2.75, 3.05) is 19.7 Å². The Labute approximate surface area is 139 Å². The van der Waals surface area contributed by atoms with Crippen molar-refractivity contribution in [2.45, 2.75) is 42.5 Å². The summed E-state index contributed by atoms with van der Waals surface area (Å²) in [5.74, 6) is -1.19. The van der Waals surface area contributed by atoms with Gasteiger partial charge in [-0.2, -0.15) is 4.31 Å². The van der Waals surface area contributed by atoms with Gasteiger partial charge in [-0.15, -0.1) is 11.3 Å². The molecule has 0 aliphatic carbocycles. The van der Waals surface area contributed by atoms with E-state index in [1.807, 2.05) is 0 Å². The summed E-state index contributed by atoms with van der Waals surface area (Å²) in [5.41, 5.74) is 0.561. The smallest absolute Gasteiger partial charge is 0.338 e. The first-order valence-electron chi connectivity index (χ1n) is 7.68. The van der Waals surface area contributed by atoms with Crippen molar-refractivity contribution in [1.82, 2.24) is 9.62 Å². The molecule has 0 amide bonds. The van der Waals surface area contributed by atoms with Crippen LogP contribution in [0.1, 0.15) is 40.1 Å². The molecule has 3 heterocycles. The van der Waals surface area contributed by atoms with Gasteiger partial charge < -0.3 is 15.5 Å². The first kappa shape index (κ1) is 16.8. The third kappa shape index (κ3) is 2.91. The fourth-order valence-electron chi connectivity index (χ4n) is 3.29. The number of carbonyl (C=O) groups is 1. The number of sulfonamides is 1. The van der Waals surface area contributed by atoms with Crippen LogP contribution in [0.3, 0.4) is 0 Å². The monoisotopic (exact) mass is 360 g/mol. The molecule has 0 spiro atoms. The highest BCUT2D eigenvalue weighted by Crippen LogP contribution is 2.37. The van der Waals surface area contributed by atoms with Crippen LogP contribution >= 0.6 is 11.3 Å². The number of piperidine rings is 1. The number of carboxylic acid groups (broad SMARTS) is 1. The zero-order valence-corrected chi connectivity index (χ0v) is 14.3. The van der Waals surface area contributed by atoms with Crippen LogP contribution in [0.5, 0.6) is 0 Å². The van der Waals surface area contributed by atoms with Crippen molar-refractivity contribution in [3.63, 3.8) is 0 Å². The predicted molar refractivity (Wildman–Crippen MR) is 85.3 cm³/mol. The number of aliphatic hydroxyl groups excluding tert-OH is 1. The first-order valence-corrected chi connectivity index (χ1v) is 9.93. The number of aliphatic hydroxyl groups is 1. The zero-order chi connectivity index (χ0) is 16.6. The van der Waals surface area contributed by atoms with Crippen molar-refractivity contribution in [3.8, 4) is 0 Å². The standard InChI is InChI=1S/C14H20N2O5S2/c17-8-9-3-1-2-6-16(9)23(20,21)14-12(13(18)19)10-4-5-15-7-11(10)22-14/h9,15,17H,1-8H2,(H,18,19)/t9-/m0/s1. The molecule has 3 rings (SSSR count).